The van der Waals surface area contributed by atoms with E-state index in [1.54, 1.807) is 32.9 Å². The van der Waals surface area contributed by atoms with Crippen LogP contribution in [-0.2, 0) is 16.0 Å². The second-order valence-electron chi connectivity index (χ2n) is 4.96. The number of ether oxygens (including phenoxy) is 1. The fourth-order valence-electron chi connectivity index (χ4n) is 1.30. The Kier molecular flexibility index (Phi) is 4.80. The molecule has 0 radical (unpaired) electrons. The molecule has 0 aliphatic carbocycles. The molecule has 0 bridgehead atoms. The highest BCUT2D eigenvalue weighted by Crippen LogP contribution is 2.07. The standard InChI is InChI=1S/C12H17N3O4/c1-12(2,3)19-11(18)14-9(10(16)17)7-8-5-4-6-13-15-8/h4-6,9H,7H2,1-3H3,(H,14,18)(H,16,17)/t9-/m0/s1. The van der Waals surface area contributed by atoms with Crippen LogP contribution in [0.25, 0.3) is 0 Å². The van der Waals surface area contributed by atoms with Crippen LogP contribution in [0, 0.1) is 0 Å². The van der Waals surface area contributed by atoms with Gasteiger partial charge in [-0.1, -0.05) is 0 Å². The number of alkyl carbamates (subject to hydrolysis) is 1. The first-order valence-electron chi connectivity index (χ1n) is 5.77. The summed E-state index contributed by atoms with van der Waals surface area (Å²) in [5.41, 5.74) is -0.203. The zero-order chi connectivity index (χ0) is 14.5. The second-order valence-corrected chi connectivity index (χ2v) is 4.96. The number of aliphatic carboxylic acids is 1. The smallest absolute Gasteiger partial charge is 0.408 e. The molecule has 0 unspecified atom stereocenters. The van der Waals surface area contributed by atoms with Crippen molar-refractivity contribution in [1.82, 2.24) is 15.5 Å². The van der Waals surface area contributed by atoms with Gasteiger partial charge in [-0.15, -0.1) is 0 Å². The molecule has 1 aromatic rings. The molecular weight excluding hydrogens is 250 g/mol. The normalized spacial score (nSPS) is 12.6. The zero-order valence-electron chi connectivity index (χ0n) is 11.1. The van der Waals surface area contributed by atoms with E-state index in [4.69, 9.17) is 9.84 Å². The zero-order valence-corrected chi connectivity index (χ0v) is 11.1. The van der Waals surface area contributed by atoms with E-state index in [2.05, 4.69) is 15.5 Å². The van der Waals surface area contributed by atoms with Gasteiger partial charge in [-0.25, -0.2) is 9.59 Å². The summed E-state index contributed by atoms with van der Waals surface area (Å²) in [6.45, 7) is 5.10. The number of carboxylic acid groups (broad SMARTS) is 1. The number of nitrogens with one attached hydrogen (secondary N) is 1. The van der Waals surface area contributed by atoms with Gasteiger partial charge in [-0.2, -0.15) is 10.2 Å². The molecule has 0 aliphatic heterocycles. The maximum Gasteiger partial charge on any atom is 0.408 e. The number of rotatable bonds is 4. The monoisotopic (exact) mass is 267 g/mol. The molecule has 1 rings (SSSR count). The number of amides is 1. The average Bonchev–Trinajstić information content (AvgIpc) is 2.26. The lowest BCUT2D eigenvalue weighted by molar-refractivity contribution is -0.139. The lowest BCUT2D eigenvalue weighted by Crippen LogP contribution is -2.44. The highest BCUT2D eigenvalue weighted by atomic mass is 16.6. The number of hydrogen-bond donors (Lipinski definition) is 2. The largest absolute Gasteiger partial charge is 0.480 e. The van der Waals surface area contributed by atoms with Crippen LogP contribution in [-0.4, -0.2) is 39.0 Å². The highest BCUT2D eigenvalue weighted by molar-refractivity contribution is 5.80. The van der Waals surface area contributed by atoms with Gasteiger partial charge < -0.3 is 15.2 Å². The van der Waals surface area contributed by atoms with Crippen molar-refractivity contribution in [2.75, 3.05) is 0 Å². The minimum Gasteiger partial charge on any atom is -0.480 e. The van der Waals surface area contributed by atoms with Crippen molar-refractivity contribution in [3.8, 4) is 0 Å². The molecule has 2 N–H and O–H groups in total. The first kappa shape index (κ1) is 14.9. The Hall–Kier alpha value is -2.18. The van der Waals surface area contributed by atoms with E-state index >= 15 is 0 Å². The highest BCUT2D eigenvalue weighted by Gasteiger charge is 2.24. The minimum atomic E-state index is -1.16. The van der Waals surface area contributed by atoms with Crippen molar-refractivity contribution in [3.05, 3.63) is 24.0 Å². The second kappa shape index (κ2) is 6.12. The molecule has 0 saturated carbocycles. The van der Waals surface area contributed by atoms with E-state index in [1.807, 2.05) is 0 Å². The summed E-state index contributed by atoms with van der Waals surface area (Å²) in [6, 6.07) is 2.18. The molecule has 0 fully saturated rings. The SMILES string of the molecule is CC(C)(C)OC(=O)N[C@@H](Cc1cccnn1)C(=O)O. The van der Waals surface area contributed by atoms with Crippen LogP contribution in [0.1, 0.15) is 26.5 Å². The van der Waals surface area contributed by atoms with E-state index in [0.717, 1.165) is 0 Å². The van der Waals surface area contributed by atoms with E-state index in [-0.39, 0.29) is 6.42 Å². The molecule has 1 atom stereocenters. The third-order valence-electron chi connectivity index (χ3n) is 2.03. The van der Waals surface area contributed by atoms with Gasteiger partial charge in [0.05, 0.1) is 5.69 Å². The van der Waals surface area contributed by atoms with E-state index < -0.39 is 23.7 Å². The fraction of sp³-hybridized carbons (Fsp3) is 0.500. The molecule has 0 saturated heterocycles. The topological polar surface area (TPSA) is 101 Å². The van der Waals surface area contributed by atoms with Crippen molar-refractivity contribution in [3.63, 3.8) is 0 Å². The van der Waals surface area contributed by atoms with Crippen molar-refractivity contribution in [2.45, 2.75) is 38.8 Å². The molecule has 7 nitrogen and oxygen atoms in total. The lowest BCUT2D eigenvalue weighted by atomic mass is 10.1. The molecule has 0 spiro atoms. The van der Waals surface area contributed by atoms with Crippen LogP contribution in [0.15, 0.2) is 18.3 Å². The van der Waals surface area contributed by atoms with Gasteiger partial charge in [-0.05, 0) is 32.9 Å². The fourth-order valence-corrected chi connectivity index (χ4v) is 1.30. The summed E-state index contributed by atoms with van der Waals surface area (Å²) >= 11 is 0. The quantitative estimate of drug-likeness (QED) is 0.843. The molecule has 1 amide bonds. The summed E-state index contributed by atoms with van der Waals surface area (Å²) in [4.78, 5) is 22.6. The number of hydrogen-bond acceptors (Lipinski definition) is 5. The van der Waals surface area contributed by atoms with Crippen molar-refractivity contribution in [1.29, 1.82) is 0 Å². The van der Waals surface area contributed by atoms with Crippen molar-refractivity contribution < 1.29 is 19.4 Å². The Bertz CT molecular complexity index is 442. The van der Waals surface area contributed by atoms with Crippen LogP contribution in [0.3, 0.4) is 0 Å². The predicted octanol–water partition coefficient (Wildman–Crippen LogP) is 0.997. The first-order chi connectivity index (χ1) is 8.78. The van der Waals surface area contributed by atoms with Gasteiger partial charge in [0.25, 0.3) is 0 Å². The minimum absolute atomic E-state index is 0.0441. The van der Waals surface area contributed by atoms with Crippen molar-refractivity contribution in [2.24, 2.45) is 0 Å². The van der Waals surface area contributed by atoms with Gasteiger partial charge >= 0.3 is 12.1 Å². The molecule has 19 heavy (non-hydrogen) atoms. The molecule has 104 valence electrons. The Morgan fingerprint density at radius 3 is 2.63 bits per heavy atom. The molecule has 1 aromatic heterocycles. The lowest BCUT2D eigenvalue weighted by Gasteiger charge is -2.21. The van der Waals surface area contributed by atoms with Gasteiger partial charge in [0.1, 0.15) is 11.6 Å². The van der Waals surface area contributed by atoms with Gasteiger partial charge in [0.15, 0.2) is 0 Å². The average molecular weight is 267 g/mol. The van der Waals surface area contributed by atoms with Crippen molar-refractivity contribution >= 4 is 12.1 Å². The van der Waals surface area contributed by atoms with Crippen LogP contribution >= 0.6 is 0 Å². The van der Waals surface area contributed by atoms with Gasteiger partial charge in [-0.3, -0.25) is 0 Å². The number of aromatic nitrogens is 2. The predicted molar refractivity (Wildman–Crippen MR) is 66.5 cm³/mol. The number of carbonyl (C=O) groups is 2. The number of carboxylic acids is 1. The maximum absolute atomic E-state index is 11.5. The Balaban J connectivity index is 2.64. The summed E-state index contributed by atoms with van der Waals surface area (Å²) < 4.78 is 5.01. The van der Waals surface area contributed by atoms with E-state index in [1.165, 1.54) is 6.20 Å². The maximum atomic E-state index is 11.5. The van der Waals surface area contributed by atoms with Gasteiger partial charge in [0.2, 0.25) is 0 Å². The molecule has 0 aromatic carbocycles. The molecule has 0 aliphatic rings. The summed E-state index contributed by atoms with van der Waals surface area (Å²) in [5, 5.41) is 18.8. The summed E-state index contributed by atoms with van der Waals surface area (Å²) in [5.74, 6) is -1.16. The Labute approximate surface area is 111 Å². The third-order valence-corrected chi connectivity index (χ3v) is 2.03. The van der Waals surface area contributed by atoms with Crippen LogP contribution in [0.5, 0.6) is 0 Å². The number of nitrogens with zero attached hydrogens (tertiary/aromatic N) is 2. The molecular formula is C12H17N3O4. The van der Waals surface area contributed by atoms with Crippen LogP contribution in [0.4, 0.5) is 4.79 Å². The number of carbonyl (C=O) groups excluding carboxylic acids is 1. The van der Waals surface area contributed by atoms with Crippen LogP contribution < -0.4 is 5.32 Å². The van der Waals surface area contributed by atoms with E-state index in [0.29, 0.717) is 5.69 Å². The van der Waals surface area contributed by atoms with E-state index in [9.17, 15) is 9.59 Å². The van der Waals surface area contributed by atoms with Gasteiger partial charge in [0, 0.05) is 12.6 Å². The van der Waals surface area contributed by atoms with Crippen LogP contribution in [0.2, 0.25) is 0 Å². The molecule has 7 heteroatoms. The Morgan fingerprint density at radius 1 is 1.47 bits per heavy atom. The summed E-state index contributed by atoms with van der Waals surface area (Å²) in [7, 11) is 0. The summed E-state index contributed by atoms with van der Waals surface area (Å²) in [6.07, 6.45) is 0.756. The first-order valence-corrected chi connectivity index (χ1v) is 5.77. The Morgan fingerprint density at radius 2 is 2.16 bits per heavy atom. The molecule has 1 heterocycles. The third kappa shape index (κ3) is 5.80.